The number of imide groups is 1. The summed E-state index contributed by atoms with van der Waals surface area (Å²) in [5.41, 5.74) is 0. The Morgan fingerprint density at radius 2 is 1.78 bits per heavy atom. The Morgan fingerprint density at radius 3 is 2.28 bits per heavy atom. The summed E-state index contributed by atoms with van der Waals surface area (Å²) in [7, 11) is 0. The van der Waals surface area contributed by atoms with E-state index in [2.05, 4.69) is 10.1 Å². The van der Waals surface area contributed by atoms with Crippen molar-refractivity contribution < 1.29 is 24.2 Å². The lowest BCUT2D eigenvalue weighted by Crippen LogP contribution is -2.43. The number of urea groups is 1. The molecule has 0 radical (unpaired) electrons. The Morgan fingerprint density at radius 1 is 1.17 bits per heavy atom. The molecule has 1 unspecified atom stereocenters. The number of nitrogens with one attached hydrogen (secondary N) is 2. The van der Waals surface area contributed by atoms with Crippen LogP contribution < -0.4 is 10.6 Å². The van der Waals surface area contributed by atoms with Crippen LogP contribution in [0.15, 0.2) is 0 Å². The van der Waals surface area contributed by atoms with Gasteiger partial charge < -0.3 is 15.2 Å². The summed E-state index contributed by atoms with van der Waals surface area (Å²) < 4.78 is 4.53. The number of hydrogen-bond donors (Lipinski definition) is 3. The maximum atomic E-state index is 11.3. The summed E-state index contributed by atoms with van der Waals surface area (Å²) in [6.07, 6.45) is 0. The molecule has 7 nitrogen and oxygen atoms in total. The number of carboxylic acids is 1. The molecule has 0 heterocycles. The first kappa shape index (κ1) is 16.4. The lowest BCUT2D eigenvalue weighted by atomic mass is 9.98. The maximum absolute atomic E-state index is 11.3. The highest BCUT2D eigenvalue weighted by Crippen LogP contribution is 2.07. The molecule has 0 rings (SSSR count). The summed E-state index contributed by atoms with van der Waals surface area (Å²) in [4.78, 5) is 32.5. The molecule has 0 saturated carbocycles. The summed E-state index contributed by atoms with van der Waals surface area (Å²) in [5.74, 6) is -1.11. The van der Waals surface area contributed by atoms with Crippen molar-refractivity contribution in [3.8, 4) is 0 Å². The minimum atomic E-state index is -1.17. The van der Waals surface area contributed by atoms with Crippen LogP contribution in [0.5, 0.6) is 0 Å². The van der Waals surface area contributed by atoms with Gasteiger partial charge in [0, 0.05) is 6.54 Å². The summed E-state index contributed by atoms with van der Waals surface area (Å²) in [6.45, 7) is 5.50. The number of carboxylic acid groups (broad SMARTS) is 1. The van der Waals surface area contributed by atoms with Crippen LogP contribution in [0.4, 0.5) is 4.79 Å². The molecule has 0 aliphatic rings. The van der Waals surface area contributed by atoms with Gasteiger partial charge in [-0.1, -0.05) is 20.8 Å². The fourth-order valence-electron chi connectivity index (χ4n) is 0.927. The van der Waals surface area contributed by atoms with E-state index in [1.165, 1.54) is 0 Å². The average Bonchev–Trinajstić information content (AvgIpc) is 2.24. The van der Waals surface area contributed by atoms with Gasteiger partial charge in [0.25, 0.3) is 5.91 Å². The zero-order valence-corrected chi connectivity index (χ0v) is 10.9. The van der Waals surface area contributed by atoms with Gasteiger partial charge in [-0.25, -0.2) is 9.59 Å². The molecule has 3 amide bonds. The molecule has 7 heteroatoms. The van der Waals surface area contributed by atoms with Crippen molar-refractivity contribution in [3.63, 3.8) is 0 Å². The van der Waals surface area contributed by atoms with Crippen LogP contribution in [0.2, 0.25) is 0 Å². The first-order chi connectivity index (χ1) is 8.32. The number of amides is 3. The Hall–Kier alpha value is -1.63. The van der Waals surface area contributed by atoms with Crippen LogP contribution in [0.1, 0.15) is 20.8 Å². The zero-order chi connectivity index (χ0) is 14.1. The number of hydrogen-bond acceptors (Lipinski definition) is 4. The number of carbonyl (C=O) groups excluding carboxylic acids is 2. The molecule has 0 aromatic heterocycles. The largest absolute Gasteiger partial charge is 0.480 e. The minimum absolute atomic E-state index is 0.300. The summed E-state index contributed by atoms with van der Waals surface area (Å²) in [5, 5.41) is 12.9. The zero-order valence-electron chi connectivity index (χ0n) is 10.9. The van der Waals surface area contributed by atoms with Crippen LogP contribution >= 0.6 is 0 Å². The number of carbonyl (C=O) groups is 3. The monoisotopic (exact) mass is 260 g/mol. The number of ether oxygens (including phenoxy) is 1. The number of rotatable bonds is 7. The maximum Gasteiger partial charge on any atom is 0.329 e. The van der Waals surface area contributed by atoms with E-state index in [1.54, 1.807) is 0 Å². The predicted molar refractivity (Wildman–Crippen MR) is 64.0 cm³/mol. The van der Waals surface area contributed by atoms with Crippen LogP contribution in [0.25, 0.3) is 0 Å². The van der Waals surface area contributed by atoms with E-state index in [-0.39, 0.29) is 0 Å². The van der Waals surface area contributed by atoms with Crippen LogP contribution in [0, 0.1) is 11.8 Å². The Balaban J connectivity index is 3.74. The standard InChI is InChI=1S/C11H20N2O5/c1-7(2)8(3)4-12-11(17)13-9(14)5-18-6-10(15)16/h7-8H,4-6H2,1-3H3,(H,15,16)(H2,12,13,14,17). The normalized spacial score (nSPS) is 12.0. The van der Waals surface area contributed by atoms with Gasteiger partial charge in [0.1, 0.15) is 13.2 Å². The molecule has 0 aliphatic carbocycles. The van der Waals surface area contributed by atoms with Gasteiger partial charge in [0.05, 0.1) is 0 Å². The van der Waals surface area contributed by atoms with Gasteiger partial charge in [-0.2, -0.15) is 0 Å². The third-order valence-corrected chi connectivity index (χ3v) is 2.43. The fraction of sp³-hybridized carbons (Fsp3) is 0.727. The third-order valence-electron chi connectivity index (χ3n) is 2.43. The van der Waals surface area contributed by atoms with Gasteiger partial charge in [0.15, 0.2) is 0 Å². The van der Waals surface area contributed by atoms with Crippen molar-refractivity contribution in [1.82, 2.24) is 10.6 Å². The second kappa shape index (κ2) is 8.46. The molecule has 3 N–H and O–H groups in total. The van der Waals surface area contributed by atoms with Crippen LogP contribution in [0.3, 0.4) is 0 Å². The first-order valence-corrected chi connectivity index (χ1v) is 5.70. The Bertz CT molecular complexity index is 304. The Labute approximate surface area is 106 Å². The molecule has 1 atom stereocenters. The molecular weight excluding hydrogens is 240 g/mol. The first-order valence-electron chi connectivity index (χ1n) is 5.70. The highest BCUT2D eigenvalue weighted by atomic mass is 16.5. The molecule has 0 spiro atoms. The van der Waals surface area contributed by atoms with Gasteiger partial charge in [-0.05, 0) is 11.8 Å². The lowest BCUT2D eigenvalue weighted by molar-refractivity contribution is -0.143. The van der Waals surface area contributed by atoms with E-state index in [9.17, 15) is 14.4 Å². The molecule has 0 bridgehead atoms. The predicted octanol–water partition coefficient (Wildman–Crippen LogP) is 0.206. The SMILES string of the molecule is CC(C)C(C)CNC(=O)NC(=O)COCC(=O)O. The highest BCUT2D eigenvalue weighted by Gasteiger charge is 2.11. The van der Waals surface area contributed by atoms with Crippen molar-refractivity contribution in [3.05, 3.63) is 0 Å². The van der Waals surface area contributed by atoms with E-state index in [0.717, 1.165) is 0 Å². The molecule has 0 fully saturated rings. The Kier molecular flexibility index (Phi) is 7.69. The lowest BCUT2D eigenvalue weighted by Gasteiger charge is -2.16. The number of aliphatic carboxylic acids is 1. The van der Waals surface area contributed by atoms with Crippen molar-refractivity contribution in [2.75, 3.05) is 19.8 Å². The topological polar surface area (TPSA) is 105 Å². The molecule has 0 aromatic rings. The van der Waals surface area contributed by atoms with Crippen LogP contribution in [-0.2, 0) is 14.3 Å². The molecular formula is C11H20N2O5. The van der Waals surface area contributed by atoms with Crippen molar-refractivity contribution >= 4 is 17.9 Å². The van der Waals surface area contributed by atoms with E-state index in [1.807, 2.05) is 26.1 Å². The highest BCUT2D eigenvalue weighted by molar-refractivity contribution is 5.94. The quantitative estimate of drug-likeness (QED) is 0.606. The van der Waals surface area contributed by atoms with E-state index in [4.69, 9.17) is 5.11 Å². The second-order valence-corrected chi connectivity index (χ2v) is 4.37. The van der Waals surface area contributed by atoms with E-state index >= 15 is 0 Å². The van der Waals surface area contributed by atoms with Crippen molar-refractivity contribution in [1.29, 1.82) is 0 Å². The van der Waals surface area contributed by atoms with Gasteiger partial charge in [-0.15, -0.1) is 0 Å². The fourth-order valence-corrected chi connectivity index (χ4v) is 0.927. The van der Waals surface area contributed by atoms with E-state index in [0.29, 0.717) is 18.4 Å². The summed E-state index contributed by atoms with van der Waals surface area (Å²) >= 11 is 0. The van der Waals surface area contributed by atoms with E-state index < -0.39 is 31.1 Å². The molecule has 0 aliphatic heterocycles. The average molecular weight is 260 g/mol. The molecule has 18 heavy (non-hydrogen) atoms. The third kappa shape index (κ3) is 8.51. The smallest absolute Gasteiger partial charge is 0.329 e. The molecule has 0 aromatic carbocycles. The van der Waals surface area contributed by atoms with Gasteiger partial charge >= 0.3 is 12.0 Å². The van der Waals surface area contributed by atoms with Gasteiger partial charge in [-0.3, -0.25) is 10.1 Å². The second-order valence-electron chi connectivity index (χ2n) is 4.37. The van der Waals surface area contributed by atoms with Crippen LogP contribution in [-0.4, -0.2) is 42.8 Å². The van der Waals surface area contributed by atoms with Crippen molar-refractivity contribution in [2.45, 2.75) is 20.8 Å². The van der Waals surface area contributed by atoms with Gasteiger partial charge in [0.2, 0.25) is 0 Å². The summed E-state index contributed by atoms with van der Waals surface area (Å²) in [6, 6.07) is -0.605. The van der Waals surface area contributed by atoms with Crippen molar-refractivity contribution in [2.24, 2.45) is 11.8 Å². The molecule has 104 valence electrons. The minimum Gasteiger partial charge on any atom is -0.480 e. The molecule has 0 saturated heterocycles.